The summed E-state index contributed by atoms with van der Waals surface area (Å²) in [7, 11) is 0. The quantitative estimate of drug-likeness (QED) is 0.889. The Bertz CT molecular complexity index is 475. The first-order chi connectivity index (χ1) is 9.35. The summed E-state index contributed by atoms with van der Waals surface area (Å²) in [6.45, 7) is 6.46. The van der Waals surface area contributed by atoms with Crippen LogP contribution in [-0.4, -0.2) is 33.2 Å². The zero-order chi connectivity index (χ0) is 16.5. The molecule has 0 saturated heterocycles. The smallest absolute Gasteiger partial charge is 0.349 e. The topological polar surface area (TPSA) is 72.9 Å². The van der Waals surface area contributed by atoms with Gasteiger partial charge in [0.2, 0.25) is 5.91 Å². The van der Waals surface area contributed by atoms with Crippen molar-refractivity contribution >= 4 is 5.91 Å². The summed E-state index contributed by atoms with van der Waals surface area (Å²) >= 11 is 0. The average molecular weight is 306 g/mol. The van der Waals surface area contributed by atoms with Crippen LogP contribution in [0.25, 0.3) is 0 Å². The minimum Gasteiger partial charge on any atom is -0.349 e. The fraction of sp³-hybridized carbons (Fsp3) is 0.692. The molecule has 1 aromatic heterocycles. The Labute approximate surface area is 121 Å². The van der Waals surface area contributed by atoms with Gasteiger partial charge >= 0.3 is 6.18 Å². The number of carbonyl (C=O) groups excluding carboxylic acids is 1. The molecule has 1 amide bonds. The van der Waals surface area contributed by atoms with Gasteiger partial charge < -0.3 is 15.6 Å². The normalized spacial score (nSPS) is 17.1. The van der Waals surface area contributed by atoms with Gasteiger partial charge in [0.05, 0.1) is 12.4 Å². The van der Waals surface area contributed by atoms with Crippen molar-refractivity contribution in [2.75, 3.05) is 0 Å². The maximum Gasteiger partial charge on any atom is 0.415 e. The van der Waals surface area contributed by atoms with Gasteiger partial charge in [0.15, 0.2) is 5.54 Å². The third kappa shape index (κ3) is 4.20. The number of nitrogens with two attached hydrogens (primary N) is 1. The van der Waals surface area contributed by atoms with E-state index in [9.17, 15) is 18.0 Å². The molecule has 2 unspecified atom stereocenters. The molecule has 0 spiro atoms. The van der Waals surface area contributed by atoms with Gasteiger partial charge in [0, 0.05) is 18.9 Å². The summed E-state index contributed by atoms with van der Waals surface area (Å²) in [6.07, 6.45) is -0.0363. The highest BCUT2D eigenvalue weighted by atomic mass is 19.4. The van der Waals surface area contributed by atoms with E-state index in [1.807, 2.05) is 20.8 Å². The summed E-state index contributed by atoms with van der Waals surface area (Å²) in [5, 5.41) is 2.41. The van der Waals surface area contributed by atoms with E-state index in [-0.39, 0.29) is 0 Å². The number of amides is 1. The van der Waals surface area contributed by atoms with E-state index in [2.05, 4.69) is 10.3 Å². The van der Waals surface area contributed by atoms with Crippen molar-refractivity contribution in [3.63, 3.8) is 0 Å². The Morgan fingerprint density at radius 2 is 1.90 bits per heavy atom. The number of aromatic nitrogens is 2. The highest BCUT2D eigenvalue weighted by Crippen LogP contribution is 2.29. The largest absolute Gasteiger partial charge is 0.415 e. The van der Waals surface area contributed by atoms with Gasteiger partial charge in [-0.1, -0.05) is 20.8 Å². The summed E-state index contributed by atoms with van der Waals surface area (Å²) in [5.74, 6) is -1.24. The first kappa shape index (κ1) is 17.5. The van der Waals surface area contributed by atoms with Gasteiger partial charge in [-0.2, -0.15) is 13.2 Å². The Morgan fingerprint density at radius 3 is 2.29 bits per heavy atom. The molecule has 1 heterocycles. The van der Waals surface area contributed by atoms with E-state index in [1.54, 1.807) is 17.0 Å². The molecule has 3 N–H and O–H groups in total. The van der Waals surface area contributed by atoms with Crippen LogP contribution in [0.4, 0.5) is 13.2 Å². The number of nitrogens with zero attached hydrogens (tertiary/aromatic N) is 2. The third-order valence-corrected chi connectivity index (χ3v) is 3.36. The van der Waals surface area contributed by atoms with Crippen LogP contribution in [0.2, 0.25) is 0 Å². The number of nitrogens with one attached hydrogen (secondary N) is 1. The minimum absolute atomic E-state index is 0.309. The number of rotatable bonds is 4. The molecule has 21 heavy (non-hydrogen) atoms. The van der Waals surface area contributed by atoms with Crippen LogP contribution < -0.4 is 11.1 Å². The summed E-state index contributed by atoms with van der Waals surface area (Å²) in [5.41, 5.74) is 1.78. The number of hydrogen-bond acceptors (Lipinski definition) is 3. The number of carbonyl (C=O) groups is 1. The van der Waals surface area contributed by atoms with Crippen LogP contribution in [-0.2, 0) is 11.3 Å². The van der Waals surface area contributed by atoms with Gasteiger partial charge in [0.25, 0.3) is 0 Å². The monoisotopic (exact) mass is 306 g/mol. The molecule has 1 rings (SSSR count). The van der Waals surface area contributed by atoms with Crippen LogP contribution in [0.15, 0.2) is 18.7 Å². The van der Waals surface area contributed by atoms with Crippen molar-refractivity contribution < 1.29 is 18.0 Å². The van der Waals surface area contributed by atoms with Gasteiger partial charge in [-0.25, -0.2) is 4.98 Å². The standard InChI is InChI=1S/C13H21F3N4O/c1-11(2,3)9(7-20-6-5-18-8-20)19-10(21)12(4,17)13(14,15)16/h5-6,8-9H,7,17H2,1-4H3,(H,19,21). The highest BCUT2D eigenvalue weighted by Gasteiger charge is 2.54. The maximum atomic E-state index is 12.8. The predicted octanol–water partition coefficient (Wildman–Crippen LogP) is 1.69. The molecule has 0 aromatic carbocycles. The zero-order valence-electron chi connectivity index (χ0n) is 12.5. The number of halogens is 3. The second kappa shape index (κ2) is 5.67. The van der Waals surface area contributed by atoms with Crippen molar-refractivity contribution in [2.45, 2.75) is 52.0 Å². The molecular formula is C13H21F3N4O. The number of hydrogen-bond donors (Lipinski definition) is 2. The van der Waals surface area contributed by atoms with Crippen LogP contribution in [0.3, 0.4) is 0 Å². The second-order valence-electron chi connectivity index (χ2n) is 6.35. The van der Waals surface area contributed by atoms with E-state index >= 15 is 0 Å². The molecule has 0 aliphatic rings. The highest BCUT2D eigenvalue weighted by molar-refractivity contribution is 5.86. The number of imidazole rings is 1. The molecule has 0 saturated carbocycles. The second-order valence-corrected chi connectivity index (χ2v) is 6.35. The maximum absolute atomic E-state index is 12.8. The van der Waals surface area contributed by atoms with Gasteiger partial charge in [-0.3, -0.25) is 4.79 Å². The lowest BCUT2D eigenvalue weighted by Crippen LogP contribution is -2.64. The summed E-state index contributed by atoms with van der Waals surface area (Å²) in [6, 6.07) is -0.524. The SMILES string of the molecule is CC(C)(C)C(Cn1ccnc1)NC(=O)C(C)(N)C(F)(F)F. The molecule has 1 aromatic rings. The molecule has 0 aliphatic heterocycles. The van der Waals surface area contributed by atoms with Crippen molar-refractivity contribution in [3.8, 4) is 0 Å². The lowest BCUT2D eigenvalue weighted by Gasteiger charge is -2.35. The van der Waals surface area contributed by atoms with Crippen LogP contribution in [0.1, 0.15) is 27.7 Å². The molecule has 2 atom stereocenters. The molecule has 0 aliphatic carbocycles. The van der Waals surface area contributed by atoms with E-state index in [4.69, 9.17) is 5.73 Å². The fourth-order valence-electron chi connectivity index (χ4n) is 1.58. The molecular weight excluding hydrogens is 285 g/mol. The lowest BCUT2D eigenvalue weighted by atomic mass is 9.85. The van der Waals surface area contributed by atoms with E-state index < -0.39 is 29.1 Å². The van der Waals surface area contributed by atoms with Crippen molar-refractivity contribution in [2.24, 2.45) is 11.1 Å². The molecule has 0 radical (unpaired) electrons. The summed E-state index contributed by atoms with van der Waals surface area (Å²) in [4.78, 5) is 15.8. The van der Waals surface area contributed by atoms with Gasteiger partial charge in [0.1, 0.15) is 0 Å². The van der Waals surface area contributed by atoms with E-state index in [0.717, 1.165) is 0 Å². The molecule has 8 heteroatoms. The molecule has 120 valence electrons. The predicted molar refractivity (Wildman–Crippen MR) is 72.3 cm³/mol. The molecule has 0 bridgehead atoms. The Kier molecular flexibility index (Phi) is 4.72. The average Bonchev–Trinajstić information content (AvgIpc) is 2.77. The number of alkyl halides is 3. The Balaban J connectivity index is 2.90. The lowest BCUT2D eigenvalue weighted by molar-refractivity contribution is -0.188. The molecule has 5 nitrogen and oxygen atoms in total. The van der Waals surface area contributed by atoms with Crippen molar-refractivity contribution in [1.29, 1.82) is 0 Å². The van der Waals surface area contributed by atoms with Crippen molar-refractivity contribution in [3.05, 3.63) is 18.7 Å². The summed E-state index contributed by atoms with van der Waals surface area (Å²) < 4.78 is 40.1. The van der Waals surface area contributed by atoms with Crippen LogP contribution in [0, 0.1) is 5.41 Å². The Morgan fingerprint density at radius 1 is 1.33 bits per heavy atom. The fourth-order valence-corrected chi connectivity index (χ4v) is 1.58. The van der Waals surface area contributed by atoms with Gasteiger partial charge in [-0.15, -0.1) is 0 Å². The third-order valence-electron chi connectivity index (χ3n) is 3.36. The van der Waals surface area contributed by atoms with Crippen LogP contribution >= 0.6 is 0 Å². The van der Waals surface area contributed by atoms with E-state index in [0.29, 0.717) is 13.5 Å². The minimum atomic E-state index is -4.81. The van der Waals surface area contributed by atoms with Crippen LogP contribution in [0.5, 0.6) is 0 Å². The zero-order valence-corrected chi connectivity index (χ0v) is 12.5. The van der Waals surface area contributed by atoms with E-state index in [1.165, 1.54) is 6.33 Å². The molecule has 0 fully saturated rings. The first-order valence-electron chi connectivity index (χ1n) is 6.48. The first-order valence-corrected chi connectivity index (χ1v) is 6.48. The van der Waals surface area contributed by atoms with Gasteiger partial charge in [-0.05, 0) is 12.3 Å². The van der Waals surface area contributed by atoms with Crippen molar-refractivity contribution in [1.82, 2.24) is 14.9 Å². The Hall–Kier alpha value is -1.57.